The van der Waals surface area contributed by atoms with Gasteiger partial charge in [-0.05, 0) is 23.3 Å². The minimum absolute atomic E-state index is 0.0897. The Morgan fingerprint density at radius 3 is 2.57 bits per heavy atom. The average molecular weight is 277 g/mol. The van der Waals surface area contributed by atoms with Gasteiger partial charge in [-0.25, -0.2) is 4.98 Å². The number of nitrogens with zero attached hydrogens (tertiary/aromatic N) is 2. The zero-order valence-electron chi connectivity index (χ0n) is 11.5. The Kier molecular flexibility index (Phi) is 3.67. The molecule has 4 nitrogen and oxygen atoms in total. The molecule has 3 rings (SSSR count). The van der Waals surface area contributed by atoms with Crippen LogP contribution < -0.4 is 5.73 Å². The molecule has 0 aliphatic carbocycles. The first-order valence-electron chi connectivity index (χ1n) is 6.79. The second-order valence-corrected chi connectivity index (χ2v) is 4.84. The quantitative estimate of drug-likeness (QED) is 0.805. The van der Waals surface area contributed by atoms with Gasteiger partial charge in [-0.1, -0.05) is 36.1 Å². The Morgan fingerprint density at radius 1 is 1.19 bits per heavy atom. The van der Waals surface area contributed by atoms with E-state index in [0.717, 1.165) is 0 Å². The maximum absolute atomic E-state index is 12.7. The lowest BCUT2D eigenvalue weighted by molar-refractivity contribution is 0.0745. The Bertz CT molecular complexity index is 718. The third kappa shape index (κ3) is 2.64. The van der Waals surface area contributed by atoms with Gasteiger partial charge in [0.25, 0.3) is 5.91 Å². The van der Waals surface area contributed by atoms with Crippen LogP contribution in [0, 0.1) is 11.8 Å². The highest BCUT2D eigenvalue weighted by Gasteiger charge is 2.25. The summed E-state index contributed by atoms with van der Waals surface area (Å²) in [6.45, 7) is 1.50. The number of nitrogens with two attached hydrogens (primary N) is 1. The van der Waals surface area contributed by atoms with Crippen molar-refractivity contribution in [3.8, 4) is 11.8 Å². The Hall–Kier alpha value is -2.64. The van der Waals surface area contributed by atoms with Gasteiger partial charge in [-0.3, -0.25) is 4.79 Å². The molecule has 0 spiro atoms. The van der Waals surface area contributed by atoms with Gasteiger partial charge in [0.15, 0.2) is 0 Å². The molecule has 21 heavy (non-hydrogen) atoms. The number of carbonyl (C=O) groups excluding carboxylic acids is 1. The first-order valence-corrected chi connectivity index (χ1v) is 6.79. The van der Waals surface area contributed by atoms with E-state index in [1.807, 2.05) is 12.1 Å². The largest absolute Gasteiger partial charge is 0.329 e. The summed E-state index contributed by atoms with van der Waals surface area (Å²) < 4.78 is 0. The first-order chi connectivity index (χ1) is 10.3. The predicted molar refractivity (Wildman–Crippen MR) is 80.2 cm³/mol. The predicted octanol–water partition coefficient (Wildman–Crippen LogP) is 1.55. The molecule has 1 aromatic heterocycles. The standard InChI is InChI=1S/C17H15N3O/c18-9-3-7-13-8-4-10-19-16(13)17(21)20-11-14-5-1-2-6-15(14)12-20/h1-2,4-6,8,10H,9,11-12,18H2. The normalized spacial score (nSPS) is 12.5. The molecule has 1 aliphatic rings. The van der Waals surface area contributed by atoms with Crippen molar-refractivity contribution >= 4 is 5.91 Å². The summed E-state index contributed by atoms with van der Waals surface area (Å²) in [7, 11) is 0. The van der Waals surface area contributed by atoms with Crippen molar-refractivity contribution in [2.75, 3.05) is 6.54 Å². The fourth-order valence-electron chi connectivity index (χ4n) is 2.45. The van der Waals surface area contributed by atoms with E-state index < -0.39 is 0 Å². The van der Waals surface area contributed by atoms with Crippen LogP contribution in [-0.4, -0.2) is 22.3 Å². The summed E-state index contributed by atoms with van der Waals surface area (Å²) in [6, 6.07) is 11.7. The van der Waals surface area contributed by atoms with Crippen molar-refractivity contribution in [3.05, 3.63) is 65.0 Å². The summed E-state index contributed by atoms with van der Waals surface area (Å²) in [5, 5.41) is 0. The van der Waals surface area contributed by atoms with Crippen molar-refractivity contribution in [1.29, 1.82) is 0 Å². The van der Waals surface area contributed by atoms with Crippen LogP contribution in [0.3, 0.4) is 0 Å². The summed E-state index contributed by atoms with van der Waals surface area (Å²) in [5.74, 6) is 5.60. The Morgan fingerprint density at radius 2 is 1.90 bits per heavy atom. The number of rotatable bonds is 1. The van der Waals surface area contributed by atoms with E-state index in [2.05, 4.69) is 29.0 Å². The molecule has 0 saturated carbocycles. The van der Waals surface area contributed by atoms with Gasteiger partial charge < -0.3 is 10.6 Å². The maximum atomic E-state index is 12.7. The molecule has 0 atom stereocenters. The van der Waals surface area contributed by atoms with E-state index in [4.69, 9.17) is 5.73 Å². The molecule has 1 aliphatic heterocycles. The highest BCUT2D eigenvalue weighted by atomic mass is 16.2. The summed E-state index contributed by atoms with van der Waals surface area (Å²) in [6.07, 6.45) is 1.62. The zero-order chi connectivity index (χ0) is 14.7. The zero-order valence-corrected chi connectivity index (χ0v) is 11.5. The molecule has 0 saturated heterocycles. The smallest absolute Gasteiger partial charge is 0.274 e. The highest BCUT2D eigenvalue weighted by molar-refractivity contribution is 5.95. The molecule has 2 heterocycles. The van der Waals surface area contributed by atoms with E-state index in [-0.39, 0.29) is 12.5 Å². The van der Waals surface area contributed by atoms with Crippen molar-refractivity contribution in [2.24, 2.45) is 5.73 Å². The molecule has 0 fully saturated rings. The molecular formula is C17H15N3O. The van der Waals surface area contributed by atoms with Gasteiger partial charge in [-0.15, -0.1) is 0 Å². The van der Waals surface area contributed by atoms with E-state index in [1.54, 1.807) is 23.2 Å². The molecule has 2 aromatic rings. The summed E-state index contributed by atoms with van der Waals surface area (Å²) in [4.78, 5) is 18.7. The van der Waals surface area contributed by atoms with E-state index >= 15 is 0 Å². The number of hydrogen-bond donors (Lipinski definition) is 1. The van der Waals surface area contributed by atoms with Crippen molar-refractivity contribution in [3.63, 3.8) is 0 Å². The second-order valence-electron chi connectivity index (χ2n) is 4.84. The monoisotopic (exact) mass is 277 g/mol. The summed E-state index contributed by atoms with van der Waals surface area (Å²) in [5.41, 5.74) is 8.80. The Balaban J connectivity index is 1.88. The molecule has 104 valence electrons. The van der Waals surface area contributed by atoms with E-state index in [1.165, 1.54) is 11.1 Å². The van der Waals surface area contributed by atoms with Gasteiger partial charge in [0.1, 0.15) is 5.69 Å². The van der Waals surface area contributed by atoms with Crippen LogP contribution in [0.25, 0.3) is 0 Å². The topological polar surface area (TPSA) is 59.2 Å². The van der Waals surface area contributed by atoms with Crippen molar-refractivity contribution in [2.45, 2.75) is 13.1 Å². The number of aromatic nitrogens is 1. The lowest BCUT2D eigenvalue weighted by Crippen LogP contribution is -2.27. The molecule has 2 N–H and O–H groups in total. The van der Waals surface area contributed by atoms with Gasteiger partial charge in [0.05, 0.1) is 12.1 Å². The molecule has 0 unspecified atom stereocenters. The van der Waals surface area contributed by atoms with Crippen LogP contribution in [0.1, 0.15) is 27.2 Å². The molecule has 0 radical (unpaired) electrons. The minimum Gasteiger partial charge on any atom is -0.329 e. The lowest BCUT2D eigenvalue weighted by atomic mass is 10.1. The number of amides is 1. The van der Waals surface area contributed by atoms with Gasteiger partial charge in [0.2, 0.25) is 0 Å². The van der Waals surface area contributed by atoms with Gasteiger partial charge >= 0.3 is 0 Å². The Labute approximate surface area is 123 Å². The van der Waals surface area contributed by atoms with Crippen LogP contribution in [0.4, 0.5) is 0 Å². The molecular weight excluding hydrogens is 262 g/mol. The average Bonchev–Trinajstić information content (AvgIpc) is 2.96. The molecule has 0 bridgehead atoms. The number of hydrogen-bond acceptors (Lipinski definition) is 3. The van der Waals surface area contributed by atoms with Crippen LogP contribution in [0.2, 0.25) is 0 Å². The van der Waals surface area contributed by atoms with E-state index in [9.17, 15) is 4.79 Å². The van der Waals surface area contributed by atoms with Gasteiger partial charge in [0, 0.05) is 19.3 Å². The highest BCUT2D eigenvalue weighted by Crippen LogP contribution is 2.24. The number of pyridine rings is 1. The summed E-state index contributed by atoms with van der Waals surface area (Å²) >= 11 is 0. The van der Waals surface area contributed by atoms with E-state index in [0.29, 0.717) is 24.3 Å². The fraction of sp³-hybridized carbons (Fsp3) is 0.176. The van der Waals surface area contributed by atoms with Crippen LogP contribution >= 0.6 is 0 Å². The van der Waals surface area contributed by atoms with Crippen molar-refractivity contribution < 1.29 is 4.79 Å². The first kappa shape index (κ1) is 13.3. The fourth-order valence-corrected chi connectivity index (χ4v) is 2.45. The van der Waals surface area contributed by atoms with Gasteiger partial charge in [-0.2, -0.15) is 0 Å². The molecule has 4 heteroatoms. The lowest BCUT2D eigenvalue weighted by Gasteiger charge is -2.15. The molecule has 1 amide bonds. The van der Waals surface area contributed by atoms with Crippen LogP contribution in [0.5, 0.6) is 0 Å². The second kappa shape index (κ2) is 5.78. The third-order valence-corrected chi connectivity index (χ3v) is 3.46. The number of benzene rings is 1. The third-order valence-electron chi connectivity index (χ3n) is 3.46. The number of carbonyl (C=O) groups is 1. The maximum Gasteiger partial charge on any atom is 0.274 e. The minimum atomic E-state index is -0.0897. The van der Waals surface area contributed by atoms with Crippen molar-refractivity contribution in [1.82, 2.24) is 9.88 Å². The van der Waals surface area contributed by atoms with Crippen LogP contribution in [-0.2, 0) is 13.1 Å². The van der Waals surface area contributed by atoms with Crippen LogP contribution in [0.15, 0.2) is 42.6 Å². The molecule has 1 aromatic carbocycles. The SMILES string of the molecule is NCC#Cc1cccnc1C(=O)N1Cc2ccccc2C1. The number of fused-ring (bicyclic) bond motifs is 1.